The quantitative estimate of drug-likeness (QED) is 0.825. The Bertz CT molecular complexity index is 383. The SMILES string of the molecule is CCC1CCCCCN1c1ncnc(Cl)c1N. The highest BCUT2D eigenvalue weighted by atomic mass is 35.5. The highest BCUT2D eigenvalue weighted by molar-refractivity contribution is 6.32. The molecule has 0 aromatic carbocycles. The Morgan fingerprint density at radius 2 is 2.24 bits per heavy atom. The van der Waals surface area contributed by atoms with Gasteiger partial charge in [-0.3, -0.25) is 0 Å². The van der Waals surface area contributed by atoms with Crippen LogP contribution in [0.4, 0.5) is 11.5 Å². The predicted molar refractivity (Wildman–Crippen MR) is 71.3 cm³/mol. The minimum atomic E-state index is 0.356. The van der Waals surface area contributed by atoms with Gasteiger partial charge in [-0.15, -0.1) is 0 Å². The van der Waals surface area contributed by atoms with Gasteiger partial charge in [0.2, 0.25) is 0 Å². The van der Waals surface area contributed by atoms with Gasteiger partial charge in [-0.2, -0.15) is 0 Å². The van der Waals surface area contributed by atoms with Crippen LogP contribution in [0.5, 0.6) is 0 Å². The molecule has 1 atom stereocenters. The highest BCUT2D eigenvalue weighted by Gasteiger charge is 2.23. The molecule has 1 aliphatic heterocycles. The van der Waals surface area contributed by atoms with Crippen LogP contribution >= 0.6 is 11.6 Å². The molecule has 0 aliphatic carbocycles. The topological polar surface area (TPSA) is 55.0 Å². The van der Waals surface area contributed by atoms with Crippen molar-refractivity contribution in [1.29, 1.82) is 0 Å². The smallest absolute Gasteiger partial charge is 0.157 e. The van der Waals surface area contributed by atoms with Crippen LogP contribution in [0.25, 0.3) is 0 Å². The molecule has 1 aliphatic rings. The van der Waals surface area contributed by atoms with Gasteiger partial charge in [0.25, 0.3) is 0 Å². The zero-order valence-corrected chi connectivity index (χ0v) is 11.0. The van der Waals surface area contributed by atoms with E-state index in [4.69, 9.17) is 17.3 Å². The fourth-order valence-corrected chi connectivity index (χ4v) is 2.60. The normalized spacial score (nSPS) is 21.3. The number of hydrogen-bond acceptors (Lipinski definition) is 4. The lowest BCUT2D eigenvalue weighted by Gasteiger charge is -2.31. The Balaban J connectivity index is 2.31. The van der Waals surface area contributed by atoms with Crippen molar-refractivity contribution >= 4 is 23.1 Å². The molecule has 2 N–H and O–H groups in total. The zero-order valence-electron chi connectivity index (χ0n) is 10.2. The summed E-state index contributed by atoms with van der Waals surface area (Å²) < 4.78 is 0. The predicted octanol–water partition coefficient (Wildman–Crippen LogP) is 2.87. The summed E-state index contributed by atoms with van der Waals surface area (Å²) in [5.41, 5.74) is 6.49. The Morgan fingerprint density at radius 1 is 1.41 bits per heavy atom. The van der Waals surface area contributed by atoms with Crippen LogP contribution in [0, 0.1) is 0 Å². The monoisotopic (exact) mass is 254 g/mol. The molecule has 2 rings (SSSR count). The number of halogens is 1. The third-order valence-electron chi connectivity index (χ3n) is 3.43. The minimum absolute atomic E-state index is 0.356. The van der Waals surface area contributed by atoms with Crippen LogP contribution in [0.15, 0.2) is 6.33 Å². The fraction of sp³-hybridized carbons (Fsp3) is 0.667. The second-order valence-electron chi connectivity index (χ2n) is 4.51. The van der Waals surface area contributed by atoms with Crippen LogP contribution in [-0.2, 0) is 0 Å². The molecule has 1 aromatic heterocycles. The molecule has 1 saturated heterocycles. The number of nitrogen functional groups attached to an aromatic ring is 1. The van der Waals surface area contributed by atoms with E-state index in [9.17, 15) is 0 Å². The number of anilines is 2. The van der Waals surface area contributed by atoms with E-state index in [1.165, 1.54) is 32.0 Å². The third-order valence-corrected chi connectivity index (χ3v) is 3.74. The van der Waals surface area contributed by atoms with E-state index >= 15 is 0 Å². The number of aromatic nitrogens is 2. The first-order valence-corrected chi connectivity index (χ1v) is 6.64. The summed E-state index contributed by atoms with van der Waals surface area (Å²) in [7, 11) is 0. The zero-order chi connectivity index (χ0) is 12.3. The van der Waals surface area contributed by atoms with E-state index in [1.54, 1.807) is 0 Å². The molecule has 1 fully saturated rings. The summed E-state index contributed by atoms with van der Waals surface area (Å²) in [5, 5.41) is 0.356. The molecule has 0 radical (unpaired) electrons. The van der Waals surface area contributed by atoms with Crippen molar-refractivity contribution in [2.75, 3.05) is 17.2 Å². The molecular formula is C12H19ClN4. The molecular weight excluding hydrogens is 236 g/mol. The first kappa shape index (κ1) is 12.4. The van der Waals surface area contributed by atoms with Crippen molar-refractivity contribution in [3.8, 4) is 0 Å². The lowest BCUT2D eigenvalue weighted by Crippen LogP contribution is -2.35. The molecule has 94 valence electrons. The molecule has 0 bridgehead atoms. The molecule has 0 amide bonds. The summed E-state index contributed by atoms with van der Waals surface area (Å²) in [6, 6.07) is 0.519. The van der Waals surface area contributed by atoms with E-state index in [2.05, 4.69) is 21.8 Å². The summed E-state index contributed by atoms with van der Waals surface area (Å²) in [4.78, 5) is 10.5. The molecule has 4 nitrogen and oxygen atoms in total. The summed E-state index contributed by atoms with van der Waals surface area (Å²) in [5.74, 6) is 0.804. The van der Waals surface area contributed by atoms with Crippen molar-refractivity contribution < 1.29 is 0 Å². The number of rotatable bonds is 2. The lowest BCUT2D eigenvalue weighted by atomic mass is 10.1. The van der Waals surface area contributed by atoms with Crippen molar-refractivity contribution in [3.05, 3.63) is 11.5 Å². The van der Waals surface area contributed by atoms with Crippen LogP contribution in [-0.4, -0.2) is 22.6 Å². The van der Waals surface area contributed by atoms with Crippen LogP contribution in [0.2, 0.25) is 5.15 Å². The molecule has 0 spiro atoms. The maximum Gasteiger partial charge on any atom is 0.157 e. The van der Waals surface area contributed by atoms with Crippen LogP contribution in [0.1, 0.15) is 39.0 Å². The van der Waals surface area contributed by atoms with E-state index in [0.29, 0.717) is 16.9 Å². The Labute approximate surface area is 107 Å². The first-order valence-electron chi connectivity index (χ1n) is 6.26. The number of nitrogens with zero attached hydrogens (tertiary/aromatic N) is 3. The van der Waals surface area contributed by atoms with Gasteiger partial charge in [-0.25, -0.2) is 9.97 Å². The van der Waals surface area contributed by atoms with Crippen LogP contribution < -0.4 is 10.6 Å². The second-order valence-corrected chi connectivity index (χ2v) is 4.86. The van der Waals surface area contributed by atoms with E-state index < -0.39 is 0 Å². The number of hydrogen-bond donors (Lipinski definition) is 1. The largest absolute Gasteiger partial charge is 0.393 e. The van der Waals surface area contributed by atoms with Crippen molar-refractivity contribution in [2.24, 2.45) is 0 Å². The van der Waals surface area contributed by atoms with Gasteiger partial charge >= 0.3 is 0 Å². The van der Waals surface area contributed by atoms with Gasteiger partial charge in [0, 0.05) is 12.6 Å². The molecule has 1 aromatic rings. The maximum absolute atomic E-state index is 5.98. The average Bonchev–Trinajstić information content (AvgIpc) is 2.57. The number of nitrogens with two attached hydrogens (primary N) is 1. The Morgan fingerprint density at radius 3 is 3.00 bits per heavy atom. The molecule has 0 saturated carbocycles. The third kappa shape index (κ3) is 2.63. The lowest BCUT2D eigenvalue weighted by molar-refractivity contribution is 0.552. The second kappa shape index (κ2) is 5.54. The molecule has 1 unspecified atom stereocenters. The van der Waals surface area contributed by atoms with Gasteiger partial charge in [0.1, 0.15) is 12.0 Å². The van der Waals surface area contributed by atoms with E-state index in [1.807, 2.05) is 0 Å². The van der Waals surface area contributed by atoms with Gasteiger partial charge in [0.05, 0.1) is 0 Å². The standard InChI is InChI=1S/C12H19ClN4/c1-2-9-6-4-3-5-7-17(9)12-10(14)11(13)15-8-16-12/h8-9H,2-7,14H2,1H3. The minimum Gasteiger partial charge on any atom is -0.393 e. The highest BCUT2D eigenvalue weighted by Crippen LogP contribution is 2.31. The van der Waals surface area contributed by atoms with Gasteiger partial charge in [0.15, 0.2) is 11.0 Å². The van der Waals surface area contributed by atoms with E-state index in [-0.39, 0.29) is 0 Å². The van der Waals surface area contributed by atoms with Crippen molar-refractivity contribution in [1.82, 2.24) is 9.97 Å². The molecule has 5 heteroatoms. The van der Waals surface area contributed by atoms with Gasteiger partial charge in [-0.1, -0.05) is 31.4 Å². The summed E-state index contributed by atoms with van der Waals surface area (Å²) in [6.07, 6.45) is 7.57. The first-order chi connectivity index (χ1) is 8.24. The van der Waals surface area contributed by atoms with Gasteiger partial charge < -0.3 is 10.6 Å². The van der Waals surface area contributed by atoms with Crippen molar-refractivity contribution in [3.63, 3.8) is 0 Å². The van der Waals surface area contributed by atoms with E-state index in [0.717, 1.165) is 18.8 Å². The Kier molecular flexibility index (Phi) is 4.05. The van der Waals surface area contributed by atoms with Crippen molar-refractivity contribution in [2.45, 2.75) is 45.1 Å². The summed E-state index contributed by atoms with van der Waals surface area (Å²) >= 11 is 5.96. The Hall–Kier alpha value is -1.03. The van der Waals surface area contributed by atoms with Crippen LogP contribution in [0.3, 0.4) is 0 Å². The summed E-state index contributed by atoms with van der Waals surface area (Å²) in [6.45, 7) is 3.22. The fourth-order valence-electron chi connectivity index (χ4n) is 2.48. The maximum atomic E-state index is 5.98. The molecule has 17 heavy (non-hydrogen) atoms. The molecule has 2 heterocycles. The van der Waals surface area contributed by atoms with Gasteiger partial charge in [-0.05, 0) is 19.3 Å². The average molecular weight is 255 g/mol.